The maximum absolute atomic E-state index is 4.28. The largest absolute Gasteiger partial charge is 0.236 e. The first-order valence-corrected chi connectivity index (χ1v) is 4.73. The van der Waals surface area contributed by atoms with Crippen LogP contribution in [-0.4, -0.2) is 9.97 Å². The number of nitrogens with zero attached hydrogens (tertiary/aromatic N) is 2. The van der Waals surface area contributed by atoms with Crippen LogP contribution in [-0.2, 0) is 0 Å². The number of benzene rings is 1. The number of aromatic nitrogens is 2. The summed E-state index contributed by atoms with van der Waals surface area (Å²) in [6.45, 7) is 3.63. The molecule has 0 atom stereocenters. The molecule has 0 aliphatic rings. The lowest BCUT2D eigenvalue weighted by molar-refractivity contribution is 1.17. The second-order valence-corrected chi connectivity index (χ2v) is 3.11. The van der Waals surface area contributed by atoms with E-state index in [0.717, 1.165) is 17.0 Å². The van der Waals surface area contributed by atoms with Crippen molar-refractivity contribution in [2.75, 3.05) is 0 Å². The minimum absolute atomic E-state index is 0.747. The summed E-state index contributed by atoms with van der Waals surface area (Å²) in [6.07, 6.45) is 7.17. The molecule has 0 aliphatic heterocycles. The number of hydrogen-bond donors (Lipinski definition) is 0. The Morgan fingerprint density at radius 2 is 1.67 bits per heavy atom. The highest BCUT2D eigenvalue weighted by atomic mass is 14.9. The highest BCUT2D eigenvalue weighted by molar-refractivity contribution is 5.56. The molecule has 0 saturated carbocycles. The first kappa shape index (κ1) is 9.59. The van der Waals surface area contributed by atoms with Crippen molar-refractivity contribution in [2.45, 2.75) is 0 Å². The van der Waals surface area contributed by atoms with Crippen LogP contribution in [0.3, 0.4) is 0 Å². The number of allylic oxidation sites excluding steroid dienone is 1. The van der Waals surface area contributed by atoms with Crippen LogP contribution in [0.5, 0.6) is 0 Å². The molecule has 1 aromatic carbocycles. The maximum Gasteiger partial charge on any atom is 0.159 e. The first-order chi connectivity index (χ1) is 7.40. The molecular weight excluding hydrogens is 184 g/mol. The van der Waals surface area contributed by atoms with E-state index in [0.29, 0.717) is 0 Å². The molecule has 0 fully saturated rings. The second kappa shape index (κ2) is 4.51. The van der Waals surface area contributed by atoms with Crippen molar-refractivity contribution in [1.29, 1.82) is 0 Å². The smallest absolute Gasteiger partial charge is 0.159 e. The van der Waals surface area contributed by atoms with Crippen LogP contribution in [0.15, 0.2) is 48.8 Å². The van der Waals surface area contributed by atoms with Gasteiger partial charge in [0, 0.05) is 23.5 Å². The normalized spacial score (nSPS) is 10.7. The van der Waals surface area contributed by atoms with Gasteiger partial charge < -0.3 is 0 Å². The van der Waals surface area contributed by atoms with Crippen molar-refractivity contribution in [3.63, 3.8) is 0 Å². The van der Waals surface area contributed by atoms with E-state index < -0.39 is 0 Å². The summed E-state index contributed by atoms with van der Waals surface area (Å²) >= 11 is 0. The average Bonchev–Trinajstić information content (AvgIpc) is 2.32. The van der Waals surface area contributed by atoms with Crippen molar-refractivity contribution in [1.82, 2.24) is 9.97 Å². The van der Waals surface area contributed by atoms with Gasteiger partial charge >= 0.3 is 0 Å². The Balaban J connectivity index is 2.32. The molecule has 1 aromatic heterocycles. The number of hydrogen-bond acceptors (Lipinski definition) is 2. The second-order valence-electron chi connectivity index (χ2n) is 3.11. The van der Waals surface area contributed by atoms with Crippen LogP contribution < -0.4 is 0 Å². The molecule has 2 rings (SSSR count). The van der Waals surface area contributed by atoms with Gasteiger partial charge in [-0.15, -0.1) is 0 Å². The third-order valence-corrected chi connectivity index (χ3v) is 2.01. The molecule has 2 heteroatoms. The van der Waals surface area contributed by atoms with E-state index in [1.165, 1.54) is 0 Å². The predicted octanol–water partition coefficient (Wildman–Crippen LogP) is 2.99. The summed E-state index contributed by atoms with van der Waals surface area (Å²) in [7, 11) is 0. The van der Waals surface area contributed by atoms with Crippen molar-refractivity contribution in [3.05, 3.63) is 61.3 Å². The summed E-state index contributed by atoms with van der Waals surface area (Å²) in [6, 6.07) is 9.91. The molecule has 2 nitrogen and oxygen atoms in total. The highest BCUT2D eigenvalue weighted by Crippen LogP contribution is 2.13. The van der Waals surface area contributed by atoms with Crippen molar-refractivity contribution in [3.8, 4) is 11.4 Å². The van der Waals surface area contributed by atoms with E-state index in [9.17, 15) is 0 Å². The van der Waals surface area contributed by atoms with Gasteiger partial charge in [0.05, 0.1) is 0 Å². The van der Waals surface area contributed by atoms with Crippen molar-refractivity contribution in [2.24, 2.45) is 0 Å². The van der Waals surface area contributed by atoms with Gasteiger partial charge in [0.1, 0.15) is 0 Å². The SMILES string of the molecule is [CH2]/C=C/c1cnc(-c2ccccc2)nc1. The third kappa shape index (κ3) is 2.29. The molecular formula is C13H11N2. The van der Waals surface area contributed by atoms with E-state index in [4.69, 9.17) is 0 Å². The summed E-state index contributed by atoms with van der Waals surface area (Å²) < 4.78 is 0. The quantitative estimate of drug-likeness (QED) is 0.736. The van der Waals surface area contributed by atoms with Crippen LogP contribution in [0.2, 0.25) is 0 Å². The van der Waals surface area contributed by atoms with Gasteiger partial charge in [-0.05, 0) is 6.92 Å². The molecule has 0 saturated heterocycles. The molecule has 1 heterocycles. The van der Waals surface area contributed by atoms with Crippen LogP contribution in [0.25, 0.3) is 17.5 Å². The van der Waals surface area contributed by atoms with Crippen LogP contribution >= 0.6 is 0 Å². The van der Waals surface area contributed by atoms with E-state index >= 15 is 0 Å². The highest BCUT2D eigenvalue weighted by Gasteiger charge is 1.98. The summed E-state index contributed by atoms with van der Waals surface area (Å²) in [5.41, 5.74) is 1.99. The molecule has 0 spiro atoms. The van der Waals surface area contributed by atoms with E-state index in [2.05, 4.69) is 16.9 Å². The Bertz CT molecular complexity index is 444. The zero-order valence-electron chi connectivity index (χ0n) is 8.30. The Kier molecular flexibility index (Phi) is 2.88. The maximum atomic E-state index is 4.28. The topological polar surface area (TPSA) is 25.8 Å². The lowest BCUT2D eigenvalue weighted by Crippen LogP contribution is -1.88. The van der Waals surface area contributed by atoms with Crippen molar-refractivity contribution < 1.29 is 0 Å². The van der Waals surface area contributed by atoms with Gasteiger partial charge in [0.25, 0.3) is 0 Å². The molecule has 73 valence electrons. The summed E-state index contributed by atoms with van der Waals surface area (Å²) in [5.74, 6) is 0.747. The molecule has 0 unspecified atom stereocenters. The molecule has 0 aliphatic carbocycles. The van der Waals surface area contributed by atoms with Crippen molar-refractivity contribution >= 4 is 6.08 Å². The summed E-state index contributed by atoms with van der Waals surface area (Å²) in [4.78, 5) is 8.55. The minimum Gasteiger partial charge on any atom is -0.236 e. The molecule has 0 bridgehead atoms. The molecule has 2 aromatic rings. The van der Waals surface area contributed by atoms with Gasteiger partial charge in [0.2, 0.25) is 0 Å². The standard InChI is InChI=1S/C13H11N2/c1-2-6-11-9-14-13(15-10-11)12-7-4-3-5-8-12/h2-10H,1H2/b6-2+. The number of rotatable bonds is 2. The van der Waals surface area contributed by atoms with E-state index in [1.54, 1.807) is 18.5 Å². The molecule has 0 N–H and O–H groups in total. The lowest BCUT2D eigenvalue weighted by Gasteiger charge is -1.99. The van der Waals surface area contributed by atoms with Crippen LogP contribution in [0, 0.1) is 6.92 Å². The minimum atomic E-state index is 0.747. The Hall–Kier alpha value is -1.96. The van der Waals surface area contributed by atoms with Gasteiger partial charge in [-0.3, -0.25) is 0 Å². The molecule has 0 amide bonds. The van der Waals surface area contributed by atoms with Gasteiger partial charge in [-0.25, -0.2) is 9.97 Å². The Morgan fingerprint density at radius 3 is 2.27 bits per heavy atom. The fourth-order valence-electron chi connectivity index (χ4n) is 1.30. The van der Waals surface area contributed by atoms with Crippen LogP contribution in [0.1, 0.15) is 5.56 Å². The van der Waals surface area contributed by atoms with E-state index in [1.807, 2.05) is 36.4 Å². The first-order valence-electron chi connectivity index (χ1n) is 4.73. The molecule has 1 radical (unpaired) electrons. The monoisotopic (exact) mass is 195 g/mol. The Labute approximate surface area is 89.3 Å². The fourth-order valence-corrected chi connectivity index (χ4v) is 1.30. The molecule has 15 heavy (non-hydrogen) atoms. The van der Waals surface area contributed by atoms with Crippen LogP contribution in [0.4, 0.5) is 0 Å². The Morgan fingerprint density at radius 1 is 1.00 bits per heavy atom. The lowest BCUT2D eigenvalue weighted by atomic mass is 10.2. The van der Waals surface area contributed by atoms with Gasteiger partial charge in [-0.2, -0.15) is 0 Å². The average molecular weight is 195 g/mol. The van der Waals surface area contributed by atoms with Gasteiger partial charge in [-0.1, -0.05) is 42.5 Å². The zero-order valence-corrected chi connectivity index (χ0v) is 8.30. The predicted molar refractivity (Wildman–Crippen MR) is 61.9 cm³/mol. The third-order valence-electron chi connectivity index (χ3n) is 2.01. The summed E-state index contributed by atoms with van der Waals surface area (Å²) in [5, 5.41) is 0. The van der Waals surface area contributed by atoms with E-state index in [-0.39, 0.29) is 0 Å². The zero-order chi connectivity index (χ0) is 10.5. The fraction of sp³-hybridized carbons (Fsp3) is 0. The van der Waals surface area contributed by atoms with Gasteiger partial charge in [0.15, 0.2) is 5.82 Å².